The third-order valence-corrected chi connectivity index (χ3v) is 4.36. The molecule has 1 fully saturated rings. The molecule has 1 aliphatic rings. The summed E-state index contributed by atoms with van der Waals surface area (Å²) in [6.45, 7) is 12.3. The zero-order chi connectivity index (χ0) is 15.2. The van der Waals surface area contributed by atoms with Gasteiger partial charge in [0.2, 0.25) is 0 Å². The van der Waals surface area contributed by atoms with Gasteiger partial charge >= 0.3 is 0 Å². The van der Waals surface area contributed by atoms with E-state index in [1.807, 2.05) is 0 Å². The number of aliphatic hydroxyl groups is 1. The third kappa shape index (κ3) is 7.61. The molecule has 0 heterocycles. The molecule has 20 heavy (non-hydrogen) atoms. The van der Waals surface area contributed by atoms with E-state index in [9.17, 15) is 5.11 Å². The van der Waals surface area contributed by atoms with Gasteiger partial charge in [-0.2, -0.15) is 0 Å². The van der Waals surface area contributed by atoms with Crippen molar-refractivity contribution >= 4 is 0 Å². The van der Waals surface area contributed by atoms with Gasteiger partial charge in [-0.05, 0) is 50.4 Å². The Labute approximate surface area is 125 Å². The Bertz CT molecular complexity index is 256. The Balaban J connectivity index is 2.10. The topological polar surface area (TPSA) is 41.5 Å². The average molecular weight is 285 g/mol. The van der Waals surface area contributed by atoms with Crippen LogP contribution in [0.5, 0.6) is 0 Å². The molecule has 0 spiro atoms. The van der Waals surface area contributed by atoms with Gasteiger partial charge in [-0.25, -0.2) is 0 Å². The van der Waals surface area contributed by atoms with Crippen LogP contribution < -0.4 is 5.32 Å². The fourth-order valence-corrected chi connectivity index (χ4v) is 2.97. The molecule has 120 valence electrons. The van der Waals surface area contributed by atoms with Gasteiger partial charge < -0.3 is 15.2 Å². The van der Waals surface area contributed by atoms with Gasteiger partial charge in [0.1, 0.15) is 0 Å². The molecule has 1 aliphatic carbocycles. The van der Waals surface area contributed by atoms with Gasteiger partial charge in [0.15, 0.2) is 0 Å². The molecule has 0 bridgehead atoms. The van der Waals surface area contributed by atoms with Crippen molar-refractivity contribution in [1.29, 1.82) is 0 Å². The predicted octanol–water partition coefficient (Wildman–Crippen LogP) is 3.36. The van der Waals surface area contributed by atoms with Crippen molar-refractivity contribution in [3.8, 4) is 0 Å². The van der Waals surface area contributed by atoms with Crippen molar-refractivity contribution in [3.63, 3.8) is 0 Å². The van der Waals surface area contributed by atoms with Crippen molar-refractivity contribution in [2.75, 3.05) is 13.2 Å². The van der Waals surface area contributed by atoms with Gasteiger partial charge in [-0.3, -0.25) is 0 Å². The lowest BCUT2D eigenvalue weighted by molar-refractivity contribution is -0.00995. The largest absolute Gasteiger partial charge is 0.389 e. The summed E-state index contributed by atoms with van der Waals surface area (Å²) in [6, 6.07) is 0.575. The van der Waals surface area contributed by atoms with Crippen molar-refractivity contribution in [1.82, 2.24) is 5.32 Å². The molecule has 0 radical (unpaired) electrons. The normalized spacial score (nSPS) is 22.9. The van der Waals surface area contributed by atoms with Gasteiger partial charge in [0, 0.05) is 12.6 Å². The van der Waals surface area contributed by atoms with E-state index in [0.717, 1.165) is 6.42 Å². The van der Waals surface area contributed by atoms with Crippen molar-refractivity contribution in [2.24, 2.45) is 11.3 Å². The van der Waals surface area contributed by atoms with Crippen molar-refractivity contribution in [3.05, 3.63) is 0 Å². The summed E-state index contributed by atoms with van der Waals surface area (Å²) in [5.41, 5.74) is 0.506. The predicted molar refractivity (Wildman–Crippen MR) is 84.9 cm³/mol. The average Bonchev–Trinajstić information content (AvgIpc) is 2.34. The lowest BCUT2D eigenvalue weighted by atomic mass is 9.75. The van der Waals surface area contributed by atoms with E-state index in [1.165, 1.54) is 25.7 Å². The molecule has 1 rings (SSSR count). The highest BCUT2D eigenvalue weighted by Crippen LogP contribution is 2.34. The fraction of sp³-hybridized carbons (Fsp3) is 1.00. The van der Waals surface area contributed by atoms with Gasteiger partial charge in [-0.1, -0.05) is 27.7 Å². The standard InChI is InChI=1S/C17H35NO2/c1-13(2)10-14(3)20-12-16(19)11-18-15-6-8-17(4,5)9-7-15/h13-16,18-19H,6-12H2,1-5H3. The van der Waals surface area contributed by atoms with Crippen LogP contribution >= 0.6 is 0 Å². The van der Waals surface area contributed by atoms with Crippen LogP contribution in [-0.2, 0) is 4.74 Å². The maximum Gasteiger partial charge on any atom is 0.0897 e. The Morgan fingerprint density at radius 1 is 1.20 bits per heavy atom. The minimum Gasteiger partial charge on any atom is -0.389 e. The minimum absolute atomic E-state index is 0.236. The highest BCUT2D eigenvalue weighted by molar-refractivity contribution is 4.82. The van der Waals surface area contributed by atoms with Gasteiger partial charge in [0.25, 0.3) is 0 Å². The number of hydrogen-bond donors (Lipinski definition) is 2. The summed E-state index contributed by atoms with van der Waals surface area (Å²) >= 11 is 0. The molecule has 3 heteroatoms. The van der Waals surface area contributed by atoms with Crippen LogP contribution in [0.2, 0.25) is 0 Å². The first kappa shape index (κ1) is 17.9. The molecule has 0 aromatic carbocycles. The van der Waals surface area contributed by atoms with E-state index in [-0.39, 0.29) is 12.2 Å². The van der Waals surface area contributed by atoms with Crippen LogP contribution in [0.15, 0.2) is 0 Å². The van der Waals surface area contributed by atoms with Gasteiger partial charge in [0.05, 0.1) is 18.8 Å². The second-order valence-corrected chi connectivity index (χ2v) is 7.77. The lowest BCUT2D eigenvalue weighted by Gasteiger charge is -2.35. The summed E-state index contributed by atoms with van der Waals surface area (Å²) in [5.74, 6) is 0.644. The van der Waals surface area contributed by atoms with E-state index in [2.05, 4.69) is 39.9 Å². The first-order valence-electron chi connectivity index (χ1n) is 8.31. The quantitative estimate of drug-likeness (QED) is 0.718. The van der Waals surface area contributed by atoms with E-state index >= 15 is 0 Å². The Morgan fingerprint density at radius 3 is 2.35 bits per heavy atom. The van der Waals surface area contributed by atoms with Gasteiger partial charge in [-0.15, -0.1) is 0 Å². The van der Waals surface area contributed by atoms with E-state index < -0.39 is 0 Å². The summed E-state index contributed by atoms with van der Waals surface area (Å²) in [5, 5.41) is 13.5. The molecule has 2 atom stereocenters. The lowest BCUT2D eigenvalue weighted by Crippen LogP contribution is -2.41. The van der Waals surface area contributed by atoms with Crippen LogP contribution in [0, 0.1) is 11.3 Å². The Kier molecular flexibility index (Phi) is 7.49. The number of aliphatic hydroxyl groups excluding tert-OH is 1. The maximum absolute atomic E-state index is 9.98. The number of hydrogen-bond acceptors (Lipinski definition) is 3. The summed E-state index contributed by atoms with van der Waals surface area (Å²) in [7, 11) is 0. The van der Waals surface area contributed by atoms with E-state index in [0.29, 0.717) is 30.5 Å². The SMILES string of the molecule is CC(C)CC(C)OCC(O)CNC1CCC(C)(C)CC1. The highest BCUT2D eigenvalue weighted by Gasteiger charge is 2.26. The highest BCUT2D eigenvalue weighted by atomic mass is 16.5. The minimum atomic E-state index is -0.389. The van der Waals surface area contributed by atoms with Crippen molar-refractivity contribution in [2.45, 2.75) is 85.0 Å². The molecule has 0 amide bonds. The number of ether oxygens (including phenoxy) is 1. The molecule has 2 unspecified atom stereocenters. The number of nitrogens with one attached hydrogen (secondary N) is 1. The molecule has 0 aromatic rings. The van der Waals surface area contributed by atoms with Crippen LogP contribution in [0.1, 0.15) is 66.7 Å². The summed E-state index contributed by atoms with van der Waals surface area (Å²) < 4.78 is 5.70. The van der Waals surface area contributed by atoms with E-state index in [1.54, 1.807) is 0 Å². The molecule has 3 nitrogen and oxygen atoms in total. The van der Waals surface area contributed by atoms with Crippen LogP contribution in [0.25, 0.3) is 0 Å². The summed E-state index contributed by atoms with van der Waals surface area (Å²) in [4.78, 5) is 0. The fourth-order valence-electron chi connectivity index (χ4n) is 2.97. The second kappa shape index (κ2) is 8.35. The Hall–Kier alpha value is -0.120. The monoisotopic (exact) mass is 285 g/mol. The van der Waals surface area contributed by atoms with Crippen LogP contribution in [0.4, 0.5) is 0 Å². The summed E-state index contributed by atoms with van der Waals surface area (Å²) in [6.07, 6.45) is 5.91. The second-order valence-electron chi connectivity index (χ2n) is 7.77. The molecular formula is C17H35NO2. The van der Waals surface area contributed by atoms with E-state index in [4.69, 9.17) is 4.74 Å². The molecule has 0 aromatic heterocycles. The molecule has 1 saturated carbocycles. The smallest absolute Gasteiger partial charge is 0.0897 e. The van der Waals surface area contributed by atoms with Crippen LogP contribution in [0.3, 0.4) is 0 Å². The Morgan fingerprint density at radius 2 is 1.80 bits per heavy atom. The first-order valence-corrected chi connectivity index (χ1v) is 8.31. The molecule has 0 saturated heterocycles. The maximum atomic E-state index is 9.98. The molecular weight excluding hydrogens is 250 g/mol. The van der Waals surface area contributed by atoms with Crippen molar-refractivity contribution < 1.29 is 9.84 Å². The zero-order valence-corrected chi connectivity index (χ0v) is 14.1. The van der Waals surface area contributed by atoms with Crippen LogP contribution in [-0.4, -0.2) is 36.5 Å². The zero-order valence-electron chi connectivity index (χ0n) is 14.1. The molecule has 2 N–H and O–H groups in total. The third-order valence-electron chi connectivity index (χ3n) is 4.36. The number of rotatable bonds is 8. The first-order chi connectivity index (χ1) is 9.28. The molecule has 0 aliphatic heterocycles.